The number of hydrogen-bond donors (Lipinski definition) is 1. The quantitative estimate of drug-likeness (QED) is 0.638. The van der Waals surface area contributed by atoms with Gasteiger partial charge in [0.2, 0.25) is 5.91 Å². The van der Waals surface area contributed by atoms with Crippen LogP contribution in [0.15, 0.2) is 24.3 Å². The van der Waals surface area contributed by atoms with Crippen molar-refractivity contribution in [2.24, 2.45) is 0 Å². The number of nitrogens with one attached hydrogen (secondary N) is 1. The van der Waals surface area contributed by atoms with E-state index in [1.165, 1.54) is 24.3 Å². The Morgan fingerprint density at radius 3 is 2.70 bits per heavy atom. The third kappa shape index (κ3) is 5.25. The minimum Gasteiger partial charge on any atom is -0.353 e. The van der Waals surface area contributed by atoms with Crippen molar-refractivity contribution >= 4 is 23.6 Å². The molecule has 1 amide bonds. The fourth-order valence-electron chi connectivity index (χ4n) is 1.48. The topological polar surface area (TPSA) is 29.1 Å². The number of carbonyl (C=O) groups is 1. The normalized spacial score (nSPS) is 11.8. The molecule has 0 fully saturated rings. The summed E-state index contributed by atoms with van der Waals surface area (Å²) in [6.07, 6.45) is -0.162. The van der Waals surface area contributed by atoms with E-state index in [0.29, 0.717) is 6.54 Å². The molecule has 0 aliphatic rings. The zero-order valence-electron chi connectivity index (χ0n) is 10.9. The van der Waals surface area contributed by atoms with Crippen LogP contribution in [-0.4, -0.2) is 12.5 Å². The molecular formula is C14H15ClF3NO. The van der Waals surface area contributed by atoms with Gasteiger partial charge < -0.3 is 5.32 Å². The van der Waals surface area contributed by atoms with Crippen molar-refractivity contribution in [1.29, 1.82) is 0 Å². The van der Waals surface area contributed by atoms with Crippen LogP contribution in [0.25, 0.3) is 6.08 Å². The molecule has 0 spiro atoms. The molecule has 0 bridgehead atoms. The fourth-order valence-corrected chi connectivity index (χ4v) is 1.71. The molecular weight excluding hydrogens is 291 g/mol. The minimum absolute atomic E-state index is 0.271. The molecule has 6 heteroatoms. The predicted octanol–water partition coefficient (Wildman–Crippen LogP) is 4.29. The van der Waals surface area contributed by atoms with E-state index in [9.17, 15) is 18.0 Å². The van der Waals surface area contributed by atoms with Gasteiger partial charge in [-0.15, -0.1) is 0 Å². The highest BCUT2D eigenvalue weighted by atomic mass is 35.5. The smallest absolute Gasteiger partial charge is 0.353 e. The van der Waals surface area contributed by atoms with E-state index >= 15 is 0 Å². The lowest BCUT2D eigenvalue weighted by molar-refractivity contribution is -0.137. The maximum Gasteiger partial charge on any atom is 0.417 e. The molecule has 0 unspecified atom stereocenters. The van der Waals surface area contributed by atoms with Crippen molar-refractivity contribution in [3.05, 3.63) is 40.4 Å². The van der Waals surface area contributed by atoms with E-state index in [1.807, 2.05) is 6.92 Å². The fraction of sp³-hybridized carbons (Fsp3) is 0.357. The number of rotatable bonds is 5. The van der Waals surface area contributed by atoms with Gasteiger partial charge in [-0.05, 0) is 30.2 Å². The highest BCUT2D eigenvalue weighted by molar-refractivity contribution is 6.31. The molecule has 1 aromatic carbocycles. The van der Waals surface area contributed by atoms with Gasteiger partial charge in [-0.25, -0.2) is 0 Å². The van der Waals surface area contributed by atoms with Gasteiger partial charge in [-0.3, -0.25) is 4.79 Å². The molecule has 110 valence electrons. The van der Waals surface area contributed by atoms with Crippen LogP contribution >= 0.6 is 11.6 Å². The number of amides is 1. The third-order valence-corrected chi connectivity index (χ3v) is 2.88. The summed E-state index contributed by atoms with van der Waals surface area (Å²) < 4.78 is 37.9. The van der Waals surface area contributed by atoms with Crippen molar-refractivity contribution in [2.75, 3.05) is 6.54 Å². The van der Waals surface area contributed by atoms with Gasteiger partial charge in [-0.1, -0.05) is 31.0 Å². The molecule has 1 rings (SSSR count). The van der Waals surface area contributed by atoms with E-state index in [0.717, 1.165) is 18.9 Å². The van der Waals surface area contributed by atoms with E-state index in [1.54, 1.807) is 0 Å². The molecule has 1 aromatic rings. The first-order valence-corrected chi connectivity index (χ1v) is 6.55. The third-order valence-electron chi connectivity index (χ3n) is 2.55. The van der Waals surface area contributed by atoms with Gasteiger partial charge in [0, 0.05) is 12.6 Å². The van der Waals surface area contributed by atoms with Gasteiger partial charge in [-0.2, -0.15) is 13.2 Å². The highest BCUT2D eigenvalue weighted by Gasteiger charge is 2.33. The second kappa shape index (κ2) is 7.33. The van der Waals surface area contributed by atoms with Crippen molar-refractivity contribution in [2.45, 2.75) is 25.9 Å². The maximum atomic E-state index is 12.6. The predicted molar refractivity (Wildman–Crippen MR) is 73.4 cm³/mol. The molecule has 0 aromatic heterocycles. The average Bonchev–Trinajstić information content (AvgIpc) is 2.36. The molecule has 0 heterocycles. The number of halogens is 4. The van der Waals surface area contributed by atoms with E-state index < -0.39 is 11.7 Å². The monoisotopic (exact) mass is 305 g/mol. The molecule has 20 heavy (non-hydrogen) atoms. The van der Waals surface area contributed by atoms with E-state index in [-0.39, 0.29) is 16.5 Å². The first kappa shape index (κ1) is 16.6. The number of hydrogen-bond acceptors (Lipinski definition) is 1. The van der Waals surface area contributed by atoms with Crippen LogP contribution < -0.4 is 5.32 Å². The van der Waals surface area contributed by atoms with Gasteiger partial charge in [0.15, 0.2) is 0 Å². The minimum atomic E-state index is -4.51. The van der Waals surface area contributed by atoms with E-state index in [4.69, 9.17) is 11.6 Å². The zero-order valence-corrected chi connectivity index (χ0v) is 11.7. The van der Waals surface area contributed by atoms with Crippen LogP contribution in [-0.2, 0) is 11.0 Å². The Bertz CT molecular complexity index is 498. The second-order valence-electron chi connectivity index (χ2n) is 4.21. The molecule has 1 N–H and O–H groups in total. The Labute approximate surface area is 120 Å². The lowest BCUT2D eigenvalue weighted by Gasteiger charge is -2.09. The lowest BCUT2D eigenvalue weighted by atomic mass is 10.1. The van der Waals surface area contributed by atoms with Crippen molar-refractivity contribution in [1.82, 2.24) is 5.32 Å². The summed E-state index contributed by atoms with van der Waals surface area (Å²) >= 11 is 5.50. The van der Waals surface area contributed by atoms with Crippen molar-refractivity contribution in [3.8, 4) is 0 Å². The van der Waals surface area contributed by atoms with Crippen molar-refractivity contribution < 1.29 is 18.0 Å². The summed E-state index contributed by atoms with van der Waals surface area (Å²) in [7, 11) is 0. The number of unbranched alkanes of at least 4 members (excludes halogenated alkanes) is 1. The molecule has 0 saturated heterocycles. The average molecular weight is 306 g/mol. The Balaban J connectivity index is 2.76. The summed E-state index contributed by atoms with van der Waals surface area (Å²) in [5.74, 6) is -0.332. The molecule has 0 saturated carbocycles. The Hall–Kier alpha value is -1.49. The molecule has 0 aliphatic carbocycles. The molecule has 2 nitrogen and oxygen atoms in total. The maximum absolute atomic E-state index is 12.6. The van der Waals surface area contributed by atoms with Gasteiger partial charge in [0.05, 0.1) is 10.6 Å². The first-order valence-electron chi connectivity index (χ1n) is 6.17. The van der Waals surface area contributed by atoms with Crippen LogP contribution in [0, 0.1) is 0 Å². The van der Waals surface area contributed by atoms with Crippen molar-refractivity contribution in [3.63, 3.8) is 0 Å². The standard InChI is InChI=1S/C14H15ClF3NO/c1-2-3-8-19-13(20)7-5-10-4-6-12(15)11(9-10)14(16,17)18/h4-7,9H,2-3,8H2,1H3,(H,19,20). The molecule has 0 atom stereocenters. The Kier molecular flexibility index (Phi) is 6.07. The van der Waals surface area contributed by atoms with Crippen LogP contribution in [0.2, 0.25) is 5.02 Å². The van der Waals surface area contributed by atoms with E-state index in [2.05, 4.69) is 5.32 Å². The van der Waals surface area contributed by atoms with Crippen LogP contribution in [0.1, 0.15) is 30.9 Å². The lowest BCUT2D eigenvalue weighted by Crippen LogP contribution is -2.21. The number of benzene rings is 1. The number of carbonyl (C=O) groups excluding carboxylic acids is 1. The van der Waals surface area contributed by atoms with Crippen LogP contribution in [0.3, 0.4) is 0 Å². The first-order chi connectivity index (χ1) is 9.34. The number of alkyl halides is 3. The van der Waals surface area contributed by atoms with Gasteiger partial charge in [0.1, 0.15) is 0 Å². The van der Waals surface area contributed by atoms with Crippen LogP contribution in [0.5, 0.6) is 0 Å². The summed E-state index contributed by atoms with van der Waals surface area (Å²) in [5.41, 5.74) is -0.639. The summed E-state index contributed by atoms with van der Waals surface area (Å²) in [6.45, 7) is 2.54. The summed E-state index contributed by atoms with van der Waals surface area (Å²) in [4.78, 5) is 11.4. The van der Waals surface area contributed by atoms with Gasteiger partial charge >= 0.3 is 6.18 Å². The summed E-state index contributed by atoms with van der Waals surface area (Å²) in [6, 6.07) is 3.50. The molecule has 0 radical (unpaired) electrons. The summed E-state index contributed by atoms with van der Waals surface area (Å²) in [5, 5.41) is 2.28. The Morgan fingerprint density at radius 1 is 1.40 bits per heavy atom. The molecule has 0 aliphatic heterocycles. The van der Waals surface area contributed by atoms with Gasteiger partial charge in [0.25, 0.3) is 0 Å². The largest absolute Gasteiger partial charge is 0.417 e. The van der Waals surface area contributed by atoms with Crippen LogP contribution in [0.4, 0.5) is 13.2 Å². The Morgan fingerprint density at radius 2 is 2.10 bits per heavy atom. The SMILES string of the molecule is CCCCNC(=O)C=Cc1ccc(Cl)c(C(F)(F)F)c1. The second-order valence-corrected chi connectivity index (χ2v) is 4.62. The zero-order chi connectivity index (χ0) is 15.2. The highest BCUT2D eigenvalue weighted by Crippen LogP contribution is 2.35.